The van der Waals surface area contributed by atoms with Gasteiger partial charge in [-0.2, -0.15) is 0 Å². The Bertz CT molecular complexity index is 703. The molecular weight excluding hydrogens is 367 g/mol. The van der Waals surface area contributed by atoms with Crippen molar-refractivity contribution in [1.82, 2.24) is 9.80 Å². The topological polar surface area (TPSA) is 59.1 Å². The minimum atomic E-state index is -0.517. The first-order chi connectivity index (χ1) is 13.4. The first-order valence-electron chi connectivity index (χ1n) is 10.3. The van der Waals surface area contributed by atoms with Gasteiger partial charge < -0.3 is 19.2 Å². The van der Waals surface area contributed by atoms with Crippen LogP contribution >= 0.6 is 0 Å². The molecule has 0 spiro atoms. The first-order valence-corrected chi connectivity index (χ1v) is 10.3. The van der Waals surface area contributed by atoms with Crippen LogP contribution in [0.5, 0.6) is 0 Å². The van der Waals surface area contributed by atoms with E-state index in [4.69, 9.17) is 9.39 Å². The summed E-state index contributed by atoms with van der Waals surface area (Å²) in [7, 11) is 1.74. The van der Waals surface area contributed by atoms with E-state index in [0.29, 0.717) is 37.7 Å². The number of hydrogen-bond donors (Lipinski definition) is 0. The summed E-state index contributed by atoms with van der Waals surface area (Å²) in [6, 6.07) is 7.42. The Hall–Kier alpha value is -2.02. The number of hydrogen-bond acceptors (Lipinski definition) is 4. The van der Waals surface area contributed by atoms with Crippen LogP contribution in [0.2, 0.25) is 0 Å². The highest BCUT2D eigenvalue weighted by Gasteiger charge is 2.28. The molecule has 2 amide bonds. The summed E-state index contributed by atoms with van der Waals surface area (Å²) in [6.07, 6.45) is -0.325. The molecule has 0 unspecified atom stereocenters. The Kier molecular flexibility index (Phi) is 7.38. The van der Waals surface area contributed by atoms with Crippen molar-refractivity contribution in [2.24, 2.45) is 5.92 Å². The van der Waals surface area contributed by atoms with Crippen LogP contribution in [0.15, 0.2) is 24.3 Å². The van der Waals surface area contributed by atoms with Crippen molar-refractivity contribution in [1.29, 1.82) is 0 Å². The van der Waals surface area contributed by atoms with E-state index in [2.05, 4.69) is 27.7 Å². The van der Waals surface area contributed by atoms with E-state index in [-0.39, 0.29) is 17.6 Å². The Morgan fingerprint density at radius 3 is 1.93 bits per heavy atom. The van der Waals surface area contributed by atoms with Gasteiger partial charge in [0.15, 0.2) is 0 Å². The molecule has 0 bridgehead atoms. The molecular formula is C22H34BN2O4. The third-order valence-corrected chi connectivity index (χ3v) is 5.27. The molecule has 1 aromatic carbocycles. The highest BCUT2D eigenvalue weighted by Crippen LogP contribution is 2.19. The average Bonchev–Trinajstić information content (AvgIpc) is 2.65. The lowest BCUT2D eigenvalue weighted by molar-refractivity contribution is 0.0141. The van der Waals surface area contributed by atoms with E-state index < -0.39 is 5.60 Å². The van der Waals surface area contributed by atoms with Crippen LogP contribution in [0, 0.1) is 5.92 Å². The molecule has 0 N–H and O–H groups in total. The fraction of sp³-hybridized carbons (Fsp3) is 0.636. The number of carbonyl (C=O) groups excluding carboxylic acids is 2. The molecule has 7 heteroatoms. The smallest absolute Gasteiger partial charge is 0.410 e. The normalized spacial score (nSPS) is 15.4. The maximum atomic E-state index is 12.8. The van der Waals surface area contributed by atoms with E-state index in [0.717, 1.165) is 5.46 Å². The lowest BCUT2D eigenvalue weighted by Crippen LogP contribution is -2.51. The zero-order valence-corrected chi connectivity index (χ0v) is 18.8. The predicted molar refractivity (Wildman–Crippen MR) is 116 cm³/mol. The molecule has 0 saturated carbocycles. The number of nitrogens with zero attached hydrogens (tertiary/aromatic N) is 2. The first kappa shape index (κ1) is 23.3. The van der Waals surface area contributed by atoms with Gasteiger partial charge in [-0.3, -0.25) is 4.79 Å². The minimum Gasteiger partial charge on any atom is -0.444 e. The molecule has 6 nitrogen and oxygen atoms in total. The molecule has 159 valence electrons. The number of benzene rings is 1. The highest BCUT2D eigenvalue weighted by molar-refractivity contribution is 6.47. The van der Waals surface area contributed by atoms with Gasteiger partial charge in [-0.25, -0.2) is 4.79 Å². The van der Waals surface area contributed by atoms with Crippen molar-refractivity contribution in [3.05, 3.63) is 29.8 Å². The summed E-state index contributed by atoms with van der Waals surface area (Å²) < 4.78 is 11.3. The van der Waals surface area contributed by atoms with Gasteiger partial charge in [-0.1, -0.05) is 31.4 Å². The molecule has 0 aromatic heterocycles. The largest absolute Gasteiger partial charge is 0.444 e. The molecule has 1 saturated heterocycles. The Morgan fingerprint density at radius 1 is 0.931 bits per heavy atom. The van der Waals surface area contributed by atoms with Crippen molar-refractivity contribution in [3.8, 4) is 0 Å². The van der Waals surface area contributed by atoms with Crippen molar-refractivity contribution >= 4 is 24.9 Å². The van der Waals surface area contributed by atoms with Gasteiger partial charge in [-0.05, 0) is 52.7 Å². The van der Waals surface area contributed by atoms with E-state index in [9.17, 15) is 9.59 Å². The summed E-state index contributed by atoms with van der Waals surface area (Å²) in [4.78, 5) is 28.4. The molecule has 1 heterocycles. The van der Waals surface area contributed by atoms with Gasteiger partial charge in [0.05, 0.1) is 0 Å². The Morgan fingerprint density at radius 2 is 1.45 bits per heavy atom. The summed E-state index contributed by atoms with van der Waals surface area (Å²) in [6.45, 7) is 15.9. The summed E-state index contributed by atoms with van der Waals surface area (Å²) in [5, 5.41) is 0. The van der Waals surface area contributed by atoms with Crippen molar-refractivity contribution in [2.75, 3.05) is 26.2 Å². The second-order valence-electron chi connectivity index (χ2n) is 9.38. The number of amides is 2. The molecule has 0 atom stereocenters. The monoisotopic (exact) mass is 401 g/mol. The fourth-order valence-electron chi connectivity index (χ4n) is 2.66. The van der Waals surface area contributed by atoms with Crippen LogP contribution in [0.1, 0.15) is 58.8 Å². The third-order valence-electron chi connectivity index (χ3n) is 5.27. The van der Waals surface area contributed by atoms with Gasteiger partial charge in [0.2, 0.25) is 0 Å². The van der Waals surface area contributed by atoms with Crippen LogP contribution in [0.25, 0.3) is 0 Å². The maximum absolute atomic E-state index is 12.8. The average molecular weight is 401 g/mol. The number of ether oxygens (including phenoxy) is 1. The lowest BCUT2D eigenvalue weighted by atomic mass is 9.84. The number of carbonyl (C=O) groups is 2. The van der Waals surface area contributed by atoms with E-state index in [1.54, 1.807) is 17.3 Å². The highest BCUT2D eigenvalue weighted by atomic mass is 16.6. The van der Waals surface area contributed by atoms with Crippen molar-refractivity contribution in [3.63, 3.8) is 0 Å². The number of piperazine rings is 1. The summed E-state index contributed by atoms with van der Waals surface area (Å²) >= 11 is 0. The zero-order valence-electron chi connectivity index (χ0n) is 18.8. The van der Waals surface area contributed by atoms with Gasteiger partial charge in [0.1, 0.15) is 5.60 Å². The van der Waals surface area contributed by atoms with Crippen LogP contribution in [0.4, 0.5) is 4.79 Å². The van der Waals surface area contributed by atoms with Crippen LogP contribution in [-0.2, 0) is 9.39 Å². The summed E-state index contributed by atoms with van der Waals surface area (Å²) in [5.41, 5.74) is 0.792. The van der Waals surface area contributed by atoms with Gasteiger partial charge in [0.25, 0.3) is 5.91 Å². The molecule has 1 aliphatic heterocycles. The molecule has 1 radical (unpaired) electrons. The Labute approximate surface area is 175 Å². The third kappa shape index (κ3) is 6.77. The summed E-state index contributed by atoms with van der Waals surface area (Å²) in [5.74, 6) is 0.364. The molecule has 2 rings (SSSR count). The van der Waals surface area contributed by atoms with E-state index in [1.165, 1.54) is 0 Å². The fourth-order valence-corrected chi connectivity index (χ4v) is 2.66. The quantitative estimate of drug-likeness (QED) is 0.712. The Balaban J connectivity index is 1.88. The predicted octanol–water partition coefficient (Wildman–Crippen LogP) is 3.08. The molecule has 29 heavy (non-hydrogen) atoms. The van der Waals surface area contributed by atoms with Crippen LogP contribution in [-0.4, -0.2) is 66.7 Å². The van der Waals surface area contributed by atoms with Gasteiger partial charge >= 0.3 is 13.6 Å². The standard InChI is InChI=1S/C22H34BN2O4/c1-16(2)22(6,7)29-23-18-10-8-17(9-11-18)19(26)24-12-14-25(15-13-24)20(27)28-21(3,4)5/h8-11,16H,12-15H2,1-7H3. The maximum Gasteiger partial charge on any atom is 0.410 e. The van der Waals surface area contributed by atoms with Crippen LogP contribution in [0.3, 0.4) is 0 Å². The lowest BCUT2D eigenvalue weighted by Gasteiger charge is -2.35. The minimum absolute atomic E-state index is 0.0242. The number of rotatable bonds is 5. The second-order valence-corrected chi connectivity index (χ2v) is 9.38. The molecule has 1 aromatic rings. The zero-order chi connectivity index (χ0) is 21.8. The molecule has 0 aliphatic carbocycles. The van der Waals surface area contributed by atoms with Gasteiger partial charge in [-0.15, -0.1) is 0 Å². The van der Waals surface area contributed by atoms with E-state index in [1.807, 2.05) is 45.0 Å². The molecule has 1 fully saturated rings. The molecule has 1 aliphatic rings. The van der Waals surface area contributed by atoms with Crippen molar-refractivity contribution < 1.29 is 19.0 Å². The second kappa shape index (κ2) is 9.20. The van der Waals surface area contributed by atoms with Crippen LogP contribution < -0.4 is 5.46 Å². The SMILES string of the molecule is CC(C)C(C)(C)O[B]c1ccc(C(=O)N2CCN(C(=O)OC(C)(C)C)CC2)cc1. The van der Waals surface area contributed by atoms with Crippen molar-refractivity contribution in [2.45, 2.75) is 59.7 Å². The van der Waals surface area contributed by atoms with E-state index >= 15 is 0 Å². The van der Waals surface area contributed by atoms with Gasteiger partial charge in [0, 0.05) is 37.3 Å².